The molecule has 0 radical (unpaired) electrons. The molecule has 1 aliphatic rings. The normalized spacial score (nSPS) is 19.2. The number of aromatic nitrogens is 4. The Morgan fingerprint density at radius 1 is 1.35 bits per heavy atom. The first-order valence-electron chi connectivity index (χ1n) is 9.36. The average molecular weight is 362 g/mol. The van der Waals surface area contributed by atoms with Gasteiger partial charge in [0.15, 0.2) is 5.82 Å². The third-order valence-corrected chi connectivity index (χ3v) is 4.99. The molecule has 0 amide bonds. The van der Waals surface area contributed by atoms with Crippen molar-refractivity contribution in [3.63, 3.8) is 0 Å². The van der Waals surface area contributed by atoms with Crippen molar-refractivity contribution in [1.82, 2.24) is 29.7 Å². The van der Waals surface area contributed by atoms with Crippen LogP contribution in [-0.2, 0) is 24.4 Å². The lowest BCUT2D eigenvalue weighted by Crippen LogP contribution is -2.33. The maximum Gasteiger partial charge on any atom is 0.223 e. The van der Waals surface area contributed by atoms with Gasteiger partial charge in [-0.3, -0.25) is 14.5 Å². The molecule has 26 heavy (non-hydrogen) atoms. The highest BCUT2D eigenvalue weighted by atomic mass is 16.5. The van der Waals surface area contributed by atoms with Gasteiger partial charge in [-0.2, -0.15) is 10.1 Å². The Kier molecular flexibility index (Phi) is 6.76. The third kappa shape index (κ3) is 5.36. The van der Waals surface area contributed by atoms with Crippen LogP contribution in [0.2, 0.25) is 0 Å². The molecule has 0 spiro atoms. The van der Waals surface area contributed by atoms with Crippen molar-refractivity contribution in [1.29, 1.82) is 0 Å². The summed E-state index contributed by atoms with van der Waals surface area (Å²) in [6, 6.07) is 0.559. The summed E-state index contributed by atoms with van der Waals surface area (Å²) in [6.45, 7) is 7.27. The molecule has 8 nitrogen and oxygen atoms in total. The number of hydrogen-bond donors (Lipinski definition) is 0. The molecule has 1 fully saturated rings. The summed E-state index contributed by atoms with van der Waals surface area (Å²) in [5.74, 6) is 1.40. The second-order valence-electron chi connectivity index (χ2n) is 7.11. The third-order valence-electron chi connectivity index (χ3n) is 4.99. The van der Waals surface area contributed by atoms with Gasteiger partial charge in [0, 0.05) is 38.4 Å². The van der Waals surface area contributed by atoms with Crippen LogP contribution >= 0.6 is 0 Å². The molecule has 0 aliphatic carbocycles. The minimum atomic E-state index is 0.559. The van der Waals surface area contributed by atoms with E-state index < -0.39 is 0 Å². The number of methoxy groups -OCH3 is 1. The lowest BCUT2D eigenvalue weighted by Gasteiger charge is -2.26. The molecule has 0 bridgehead atoms. The second-order valence-corrected chi connectivity index (χ2v) is 7.11. The highest BCUT2D eigenvalue weighted by molar-refractivity contribution is 5.04. The molecular weight excluding hydrogens is 332 g/mol. The van der Waals surface area contributed by atoms with Gasteiger partial charge in [-0.05, 0) is 39.4 Å². The molecule has 0 saturated carbocycles. The van der Waals surface area contributed by atoms with Crippen LogP contribution in [0.4, 0.5) is 0 Å². The van der Waals surface area contributed by atoms with Gasteiger partial charge >= 0.3 is 0 Å². The molecule has 3 rings (SSSR count). The topological polar surface area (TPSA) is 72.5 Å². The van der Waals surface area contributed by atoms with Gasteiger partial charge in [0.2, 0.25) is 5.89 Å². The number of aryl methyl sites for hydroxylation is 1. The molecule has 3 heterocycles. The Labute approximate surface area is 155 Å². The molecule has 1 atom stereocenters. The van der Waals surface area contributed by atoms with Crippen molar-refractivity contribution in [2.24, 2.45) is 0 Å². The Bertz CT molecular complexity index is 670. The van der Waals surface area contributed by atoms with Crippen molar-refractivity contribution in [2.45, 2.75) is 51.9 Å². The van der Waals surface area contributed by atoms with Crippen molar-refractivity contribution in [3.8, 4) is 0 Å². The summed E-state index contributed by atoms with van der Waals surface area (Å²) in [5.41, 5.74) is 1.27. The van der Waals surface area contributed by atoms with Gasteiger partial charge in [0.05, 0.1) is 25.9 Å². The summed E-state index contributed by atoms with van der Waals surface area (Å²) in [5, 5.41) is 8.43. The molecule has 2 aromatic heterocycles. The number of nitrogens with zero attached hydrogens (tertiary/aromatic N) is 6. The van der Waals surface area contributed by atoms with E-state index in [0.717, 1.165) is 45.0 Å². The first-order chi connectivity index (χ1) is 12.6. The van der Waals surface area contributed by atoms with E-state index in [-0.39, 0.29) is 0 Å². The fourth-order valence-corrected chi connectivity index (χ4v) is 3.55. The van der Waals surface area contributed by atoms with Crippen LogP contribution < -0.4 is 0 Å². The van der Waals surface area contributed by atoms with E-state index in [4.69, 9.17) is 9.26 Å². The van der Waals surface area contributed by atoms with Gasteiger partial charge < -0.3 is 9.26 Å². The van der Waals surface area contributed by atoms with E-state index in [9.17, 15) is 0 Å². The first-order valence-corrected chi connectivity index (χ1v) is 9.36. The molecule has 144 valence electrons. The fraction of sp³-hybridized carbons (Fsp3) is 0.722. The second kappa shape index (κ2) is 9.25. The predicted octanol–water partition coefficient (Wildman–Crippen LogP) is 1.71. The molecule has 8 heteroatoms. The van der Waals surface area contributed by atoms with Crippen LogP contribution in [0.3, 0.4) is 0 Å². The van der Waals surface area contributed by atoms with Crippen LogP contribution in [0.5, 0.6) is 0 Å². The molecular formula is C18H30N6O2. The highest BCUT2D eigenvalue weighted by Gasteiger charge is 2.22. The Morgan fingerprint density at radius 2 is 2.23 bits per heavy atom. The van der Waals surface area contributed by atoms with Crippen molar-refractivity contribution >= 4 is 0 Å². The van der Waals surface area contributed by atoms with Crippen LogP contribution in [0.15, 0.2) is 16.9 Å². The quantitative estimate of drug-likeness (QED) is 0.708. The van der Waals surface area contributed by atoms with Crippen LogP contribution in [0.1, 0.15) is 36.5 Å². The molecule has 1 unspecified atom stereocenters. The molecule has 0 N–H and O–H groups in total. The van der Waals surface area contributed by atoms with Crippen molar-refractivity contribution in [2.75, 3.05) is 33.9 Å². The molecule has 2 aromatic rings. The molecule has 1 saturated heterocycles. The predicted molar refractivity (Wildman–Crippen MR) is 97.5 cm³/mol. The van der Waals surface area contributed by atoms with Crippen LogP contribution in [0, 0.1) is 6.92 Å². The van der Waals surface area contributed by atoms with Gasteiger partial charge in [-0.15, -0.1) is 0 Å². The SMILES string of the molecule is COCCn1cc(CN2CCCC(N(C)Cc3noc(C)n3)CC2)cn1. The Morgan fingerprint density at radius 3 is 3.00 bits per heavy atom. The number of hydrogen-bond acceptors (Lipinski definition) is 7. The van der Waals surface area contributed by atoms with Gasteiger partial charge in [0.1, 0.15) is 0 Å². The van der Waals surface area contributed by atoms with E-state index in [1.54, 1.807) is 7.11 Å². The Hall–Kier alpha value is -1.77. The molecule has 0 aromatic carbocycles. The van der Waals surface area contributed by atoms with E-state index in [0.29, 0.717) is 18.5 Å². The number of ether oxygens (including phenoxy) is 1. The van der Waals surface area contributed by atoms with E-state index in [1.807, 2.05) is 17.8 Å². The summed E-state index contributed by atoms with van der Waals surface area (Å²) < 4.78 is 12.1. The Balaban J connectivity index is 1.47. The zero-order chi connectivity index (χ0) is 18.4. The fourth-order valence-electron chi connectivity index (χ4n) is 3.55. The summed E-state index contributed by atoms with van der Waals surface area (Å²) in [7, 11) is 3.88. The first kappa shape index (κ1) is 19.0. The lowest BCUT2D eigenvalue weighted by atomic mass is 10.1. The van der Waals surface area contributed by atoms with E-state index in [1.165, 1.54) is 18.4 Å². The average Bonchev–Trinajstić information content (AvgIpc) is 3.16. The maximum atomic E-state index is 5.11. The zero-order valence-corrected chi connectivity index (χ0v) is 16.1. The zero-order valence-electron chi connectivity index (χ0n) is 16.1. The molecule has 1 aliphatic heterocycles. The summed E-state index contributed by atoms with van der Waals surface area (Å²) in [4.78, 5) is 9.20. The number of likely N-dealkylation sites (tertiary alicyclic amines) is 1. The minimum Gasteiger partial charge on any atom is -0.383 e. The minimum absolute atomic E-state index is 0.559. The van der Waals surface area contributed by atoms with Crippen LogP contribution in [0.25, 0.3) is 0 Å². The van der Waals surface area contributed by atoms with Crippen molar-refractivity contribution < 1.29 is 9.26 Å². The van der Waals surface area contributed by atoms with E-state index >= 15 is 0 Å². The standard InChI is InChI=1S/C18H30N6O2/c1-15-20-18(21-26-15)14-22(2)17-5-4-7-23(8-6-17)12-16-11-19-24(13-16)9-10-25-3/h11,13,17H,4-10,12,14H2,1-3H3. The maximum absolute atomic E-state index is 5.11. The lowest BCUT2D eigenvalue weighted by molar-refractivity contribution is 0.183. The smallest absolute Gasteiger partial charge is 0.223 e. The van der Waals surface area contributed by atoms with E-state index in [2.05, 4.69) is 38.3 Å². The van der Waals surface area contributed by atoms with Crippen LogP contribution in [-0.4, -0.2) is 69.6 Å². The van der Waals surface area contributed by atoms with Gasteiger partial charge in [-0.1, -0.05) is 5.16 Å². The monoisotopic (exact) mass is 362 g/mol. The summed E-state index contributed by atoms with van der Waals surface area (Å²) in [6.07, 6.45) is 7.68. The number of rotatable bonds is 8. The van der Waals surface area contributed by atoms with Crippen molar-refractivity contribution in [3.05, 3.63) is 29.7 Å². The van der Waals surface area contributed by atoms with Gasteiger partial charge in [-0.25, -0.2) is 0 Å². The highest BCUT2D eigenvalue weighted by Crippen LogP contribution is 2.18. The largest absolute Gasteiger partial charge is 0.383 e. The van der Waals surface area contributed by atoms with Gasteiger partial charge in [0.25, 0.3) is 0 Å². The summed E-state index contributed by atoms with van der Waals surface area (Å²) >= 11 is 0.